The van der Waals surface area contributed by atoms with Gasteiger partial charge in [-0.05, 0) is 44.4 Å². The molecule has 0 radical (unpaired) electrons. The summed E-state index contributed by atoms with van der Waals surface area (Å²) in [5.74, 6) is -0.674. The largest absolute Gasteiger partial charge is 0.465 e. The molecular weight excluding hydrogens is 422 g/mol. The van der Waals surface area contributed by atoms with Crippen LogP contribution in [0.4, 0.5) is 10.5 Å². The second kappa shape index (κ2) is 9.97. The van der Waals surface area contributed by atoms with Crippen molar-refractivity contribution in [3.8, 4) is 0 Å². The third-order valence-electron chi connectivity index (χ3n) is 5.63. The Hall–Kier alpha value is -3.49. The molecule has 1 aliphatic heterocycles. The van der Waals surface area contributed by atoms with Gasteiger partial charge in [-0.15, -0.1) is 0 Å². The molecule has 1 aromatic heterocycles. The van der Waals surface area contributed by atoms with E-state index in [-0.39, 0.29) is 35.2 Å². The Balaban J connectivity index is 1.79. The highest BCUT2D eigenvalue weighted by atomic mass is 16.5. The summed E-state index contributed by atoms with van der Waals surface area (Å²) in [5, 5.41) is 2.92. The number of hydrogen-bond donors (Lipinski definition) is 1. The van der Waals surface area contributed by atoms with Gasteiger partial charge in [-0.2, -0.15) is 0 Å². The standard InChI is InChI=1S/C24H31N5O4/c1-14(2)20-19(23(31)33-6)21(26-17(5)25-20)22(30)28-10-11-29(16(4)13-28)24(32)27-18-9-7-8-15(3)12-18/h7-9,12,14,16H,10-11,13H2,1-6H3,(H,27,32). The number of carbonyl (C=O) groups is 3. The van der Waals surface area contributed by atoms with Crippen molar-refractivity contribution in [3.63, 3.8) is 0 Å². The number of benzene rings is 1. The second-order valence-electron chi connectivity index (χ2n) is 8.62. The maximum atomic E-state index is 13.4. The summed E-state index contributed by atoms with van der Waals surface area (Å²) < 4.78 is 4.93. The summed E-state index contributed by atoms with van der Waals surface area (Å²) in [7, 11) is 1.27. The van der Waals surface area contributed by atoms with E-state index in [0.29, 0.717) is 31.2 Å². The molecule has 1 aliphatic rings. The minimum Gasteiger partial charge on any atom is -0.465 e. The van der Waals surface area contributed by atoms with Crippen molar-refractivity contribution in [2.75, 3.05) is 32.1 Å². The Morgan fingerprint density at radius 3 is 2.48 bits per heavy atom. The molecule has 2 aromatic rings. The van der Waals surface area contributed by atoms with E-state index >= 15 is 0 Å². The minimum atomic E-state index is -0.633. The molecular formula is C24H31N5O4. The molecule has 1 N–H and O–H groups in total. The van der Waals surface area contributed by atoms with Gasteiger partial charge in [-0.25, -0.2) is 19.6 Å². The van der Waals surface area contributed by atoms with Gasteiger partial charge in [0.15, 0.2) is 0 Å². The van der Waals surface area contributed by atoms with E-state index in [1.165, 1.54) is 7.11 Å². The molecule has 0 saturated carbocycles. The number of amides is 3. The van der Waals surface area contributed by atoms with E-state index in [1.54, 1.807) is 16.7 Å². The maximum Gasteiger partial charge on any atom is 0.342 e. The summed E-state index contributed by atoms with van der Waals surface area (Å²) in [6.07, 6.45) is 0. The number of nitrogens with zero attached hydrogens (tertiary/aromatic N) is 4. The van der Waals surface area contributed by atoms with Crippen LogP contribution in [0, 0.1) is 13.8 Å². The van der Waals surface area contributed by atoms with Gasteiger partial charge >= 0.3 is 12.0 Å². The first-order valence-electron chi connectivity index (χ1n) is 11.0. The smallest absolute Gasteiger partial charge is 0.342 e. The number of methoxy groups -OCH3 is 1. The third kappa shape index (κ3) is 5.30. The molecule has 1 fully saturated rings. The van der Waals surface area contributed by atoms with Crippen LogP contribution in [-0.2, 0) is 4.74 Å². The number of nitrogens with one attached hydrogen (secondary N) is 1. The first-order chi connectivity index (χ1) is 15.6. The molecule has 1 aromatic carbocycles. The fourth-order valence-corrected chi connectivity index (χ4v) is 3.98. The molecule has 3 rings (SSSR count). The van der Waals surface area contributed by atoms with Crippen molar-refractivity contribution in [1.82, 2.24) is 19.8 Å². The average Bonchev–Trinajstić information content (AvgIpc) is 2.77. The van der Waals surface area contributed by atoms with Crippen LogP contribution in [0.5, 0.6) is 0 Å². The number of carbonyl (C=O) groups excluding carboxylic acids is 3. The van der Waals surface area contributed by atoms with Crippen LogP contribution in [-0.4, -0.2) is 70.5 Å². The van der Waals surface area contributed by atoms with Gasteiger partial charge in [-0.1, -0.05) is 26.0 Å². The highest BCUT2D eigenvalue weighted by molar-refractivity contribution is 6.04. The molecule has 1 atom stereocenters. The predicted octanol–water partition coefficient (Wildman–Crippen LogP) is 3.38. The fraction of sp³-hybridized carbons (Fsp3) is 0.458. The van der Waals surface area contributed by atoms with E-state index in [9.17, 15) is 14.4 Å². The molecule has 9 nitrogen and oxygen atoms in total. The monoisotopic (exact) mass is 453 g/mol. The molecule has 3 amide bonds. The summed E-state index contributed by atoms with van der Waals surface area (Å²) in [6, 6.07) is 7.16. The lowest BCUT2D eigenvalue weighted by molar-refractivity contribution is 0.0550. The molecule has 176 valence electrons. The molecule has 1 unspecified atom stereocenters. The summed E-state index contributed by atoms with van der Waals surface area (Å²) in [6.45, 7) is 10.4. The van der Waals surface area contributed by atoms with E-state index < -0.39 is 5.97 Å². The minimum absolute atomic E-state index is 0.0444. The van der Waals surface area contributed by atoms with Crippen LogP contribution in [0.2, 0.25) is 0 Å². The van der Waals surface area contributed by atoms with Gasteiger partial charge in [0.05, 0.1) is 12.8 Å². The predicted molar refractivity (Wildman–Crippen MR) is 124 cm³/mol. The third-order valence-corrected chi connectivity index (χ3v) is 5.63. The van der Waals surface area contributed by atoms with E-state index in [0.717, 1.165) is 11.3 Å². The number of rotatable bonds is 4. The van der Waals surface area contributed by atoms with Gasteiger partial charge in [0, 0.05) is 31.4 Å². The van der Waals surface area contributed by atoms with Crippen molar-refractivity contribution >= 4 is 23.6 Å². The average molecular weight is 454 g/mol. The molecule has 0 spiro atoms. The molecule has 0 aliphatic carbocycles. The van der Waals surface area contributed by atoms with E-state index in [4.69, 9.17) is 4.74 Å². The number of ether oxygens (including phenoxy) is 1. The van der Waals surface area contributed by atoms with Crippen LogP contribution in [0.25, 0.3) is 0 Å². The zero-order valence-electron chi connectivity index (χ0n) is 20.0. The number of aryl methyl sites for hydroxylation is 2. The molecule has 33 heavy (non-hydrogen) atoms. The van der Waals surface area contributed by atoms with Crippen molar-refractivity contribution in [2.45, 2.75) is 46.6 Å². The zero-order chi connectivity index (χ0) is 24.3. The quantitative estimate of drug-likeness (QED) is 0.712. The SMILES string of the molecule is COC(=O)c1c(C(=O)N2CCN(C(=O)Nc3cccc(C)c3)C(C)C2)nc(C)nc1C(C)C. The number of aromatic nitrogens is 2. The van der Waals surface area contributed by atoms with Crippen LogP contribution >= 0.6 is 0 Å². The van der Waals surface area contributed by atoms with Gasteiger partial charge in [0.25, 0.3) is 5.91 Å². The molecule has 2 heterocycles. The zero-order valence-corrected chi connectivity index (χ0v) is 20.0. The van der Waals surface area contributed by atoms with Crippen molar-refractivity contribution in [1.29, 1.82) is 0 Å². The maximum absolute atomic E-state index is 13.4. The van der Waals surface area contributed by atoms with Gasteiger partial charge in [-0.3, -0.25) is 4.79 Å². The van der Waals surface area contributed by atoms with Crippen LogP contribution in [0.3, 0.4) is 0 Å². The number of urea groups is 1. The Morgan fingerprint density at radius 1 is 1.15 bits per heavy atom. The normalized spacial score (nSPS) is 16.0. The number of piperazine rings is 1. The Kier molecular flexibility index (Phi) is 7.30. The van der Waals surface area contributed by atoms with Gasteiger partial charge < -0.3 is 19.9 Å². The highest BCUT2D eigenvalue weighted by Gasteiger charge is 2.34. The summed E-state index contributed by atoms with van der Waals surface area (Å²) in [5.41, 5.74) is 2.42. The molecule has 9 heteroatoms. The van der Waals surface area contributed by atoms with Crippen molar-refractivity contribution < 1.29 is 19.1 Å². The Labute approximate surface area is 194 Å². The topological polar surface area (TPSA) is 105 Å². The first-order valence-corrected chi connectivity index (χ1v) is 11.0. The van der Waals surface area contributed by atoms with Gasteiger partial charge in [0.1, 0.15) is 17.1 Å². The highest BCUT2D eigenvalue weighted by Crippen LogP contribution is 2.23. The first kappa shape index (κ1) is 24.2. The Bertz CT molecular complexity index is 1070. The number of hydrogen-bond acceptors (Lipinski definition) is 6. The number of anilines is 1. The van der Waals surface area contributed by atoms with Crippen LogP contribution in [0.15, 0.2) is 24.3 Å². The van der Waals surface area contributed by atoms with Crippen LogP contribution in [0.1, 0.15) is 64.6 Å². The van der Waals surface area contributed by atoms with Crippen molar-refractivity contribution in [3.05, 3.63) is 52.6 Å². The van der Waals surface area contributed by atoms with Crippen LogP contribution < -0.4 is 5.32 Å². The number of esters is 1. The van der Waals surface area contributed by atoms with E-state index in [2.05, 4.69) is 15.3 Å². The summed E-state index contributed by atoms with van der Waals surface area (Å²) in [4.78, 5) is 50.8. The van der Waals surface area contributed by atoms with Gasteiger partial charge in [0.2, 0.25) is 0 Å². The van der Waals surface area contributed by atoms with E-state index in [1.807, 2.05) is 52.0 Å². The lowest BCUT2D eigenvalue weighted by Gasteiger charge is -2.39. The second-order valence-corrected chi connectivity index (χ2v) is 8.62. The lowest BCUT2D eigenvalue weighted by Crippen LogP contribution is -2.56. The molecule has 0 bridgehead atoms. The van der Waals surface area contributed by atoms with Crippen molar-refractivity contribution in [2.24, 2.45) is 0 Å². The molecule has 1 saturated heterocycles. The summed E-state index contributed by atoms with van der Waals surface area (Å²) >= 11 is 0. The lowest BCUT2D eigenvalue weighted by atomic mass is 10.0. The fourth-order valence-electron chi connectivity index (χ4n) is 3.98. The Morgan fingerprint density at radius 2 is 1.88 bits per heavy atom.